The molecule has 0 aliphatic heterocycles. The Morgan fingerprint density at radius 3 is 2.40 bits per heavy atom. The average Bonchev–Trinajstić information content (AvgIpc) is 2.14. The van der Waals surface area contributed by atoms with Gasteiger partial charge in [-0.05, 0) is 29.9 Å². The van der Waals surface area contributed by atoms with E-state index in [4.69, 9.17) is 5.73 Å². The van der Waals surface area contributed by atoms with Crippen LogP contribution in [0.2, 0.25) is 0 Å². The lowest BCUT2D eigenvalue weighted by atomic mass is 9.87. The first-order valence-corrected chi connectivity index (χ1v) is 5.28. The van der Waals surface area contributed by atoms with Gasteiger partial charge in [0.1, 0.15) is 0 Å². The molecule has 0 bridgehead atoms. The SMILES string of the molecule is CC(C)(C)CCc1ccccc1C(N)=O. The molecule has 0 aliphatic rings. The van der Waals surface area contributed by atoms with E-state index in [0.717, 1.165) is 18.4 Å². The van der Waals surface area contributed by atoms with E-state index < -0.39 is 0 Å². The van der Waals surface area contributed by atoms with Crippen LogP contribution in [0.3, 0.4) is 0 Å². The number of benzene rings is 1. The summed E-state index contributed by atoms with van der Waals surface area (Å²) < 4.78 is 0. The molecule has 0 fully saturated rings. The largest absolute Gasteiger partial charge is 0.366 e. The highest BCUT2D eigenvalue weighted by molar-refractivity contribution is 5.94. The summed E-state index contributed by atoms with van der Waals surface area (Å²) >= 11 is 0. The quantitative estimate of drug-likeness (QED) is 0.810. The summed E-state index contributed by atoms with van der Waals surface area (Å²) in [6, 6.07) is 7.57. The first-order valence-electron chi connectivity index (χ1n) is 5.28. The van der Waals surface area contributed by atoms with Crippen molar-refractivity contribution in [1.29, 1.82) is 0 Å². The molecule has 0 aromatic heterocycles. The molecular formula is C13H19NO. The van der Waals surface area contributed by atoms with Crippen LogP contribution in [0.15, 0.2) is 24.3 Å². The van der Waals surface area contributed by atoms with Gasteiger partial charge in [-0.1, -0.05) is 39.0 Å². The van der Waals surface area contributed by atoms with Gasteiger partial charge < -0.3 is 5.73 Å². The van der Waals surface area contributed by atoms with Gasteiger partial charge >= 0.3 is 0 Å². The van der Waals surface area contributed by atoms with Crippen LogP contribution in [0.25, 0.3) is 0 Å². The third kappa shape index (κ3) is 3.74. The average molecular weight is 205 g/mol. The molecule has 2 N–H and O–H groups in total. The highest BCUT2D eigenvalue weighted by Crippen LogP contribution is 2.22. The Bertz CT molecular complexity index is 350. The number of rotatable bonds is 3. The van der Waals surface area contributed by atoms with Crippen LogP contribution >= 0.6 is 0 Å². The Kier molecular flexibility index (Phi) is 3.51. The molecule has 1 aromatic rings. The molecule has 1 amide bonds. The molecule has 0 unspecified atom stereocenters. The van der Waals surface area contributed by atoms with Crippen molar-refractivity contribution in [1.82, 2.24) is 0 Å². The number of carbonyl (C=O) groups excluding carboxylic acids is 1. The maximum Gasteiger partial charge on any atom is 0.248 e. The lowest BCUT2D eigenvalue weighted by molar-refractivity contribution is 0.0999. The molecule has 0 saturated carbocycles. The van der Waals surface area contributed by atoms with E-state index >= 15 is 0 Å². The third-order valence-corrected chi connectivity index (χ3v) is 2.43. The summed E-state index contributed by atoms with van der Waals surface area (Å²) in [5.74, 6) is -0.334. The van der Waals surface area contributed by atoms with Crippen molar-refractivity contribution in [2.75, 3.05) is 0 Å². The zero-order chi connectivity index (χ0) is 11.5. The van der Waals surface area contributed by atoms with Gasteiger partial charge in [-0.15, -0.1) is 0 Å². The molecule has 0 heterocycles. The molecule has 0 spiro atoms. The fourth-order valence-corrected chi connectivity index (χ4v) is 1.49. The van der Waals surface area contributed by atoms with Crippen LogP contribution in [-0.4, -0.2) is 5.91 Å². The molecule has 0 aliphatic carbocycles. The molecule has 0 radical (unpaired) electrons. The topological polar surface area (TPSA) is 43.1 Å². The van der Waals surface area contributed by atoms with Gasteiger partial charge in [0.25, 0.3) is 0 Å². The number of amides is 1. The molecule has 1 aromatic carbocycles. The van der Waals surface area contributed by atoms with Gasteiger partial charge in [-0.25, -0.2) is 0 Å². The minimum atomic E-state index is -0.334. The summed E-state index contributed by atoms with van der Waals surface area (Å²) in [5.41, 5.74) is 7.31. The van der Waals surface area contributed by atoms with E-state index in [1.165, 1.54) is 0 Å². The van der Waals surface area contributed by atoms with E-state index in [-0.39, 0.29) is 11.3 Å². The Morgan fingerprint density at radius 1 is 1.27 bits per heavy atom. The highest BCUT2D eigenvalue weighted by atomic mass is 16.1. The van der Waals surface area contributed by atoms with E-state index in [1.54, 1.807) is 6.07 Å². The van der Waals surface area contributed by atoms with Crippen LogP contribution in [0, 0.1) is 5.41 Å². The van der Waals surface area contributed by atoms with Crippen molar-refractivity contribution in [3.8, 4) is 0 Å². The van der Waals surface area contributed by atoms with Crippen molar-refractivity contribution in [2.24, 2.45) is 11.1 Å². The number of carbonyl (C=O) groups is 1. The zero-order valence-corrected chi connectivity index (χ0v) is 9.71. The number of aryl methyl sites for hydroxylation is 1. The first-order chi connectivity index (χ1) is 6.90. The van der Waals surface area contributed by atoms with E-state index in [9.17, 15) is 4.79 Å². The highest BCUT2D eigenvalue weighted by Gasteiger charge is 2.13. The maximum absolute atomic E-state index is 11.2. The molecule has 2 nitrogen and oxygen atoms in total. The molecule has 82 valence electrons. The second kappa shape index (κ2) is 4.47. The fourth-order valence-electron chi connectivity index (χ4n) is 1.49. The van der Waals surface area contributed by atoms with Crippen LogP contribution in [0.4, 0.5) is 0 Å². The molecule has 0 saturated heterocycles. The number of nitrogens with two attached hydrogens (primary N) is 1. The predicted molar refractivity (Wildman–Crippen MR) is 62.7 cm³/mol. The maximum atomic E-state index is 11.2. The zero-order valence-electron chi connectivity index (χ0n) is 9.71. The van der Waals surface area contributed by atoms with Crippen molar-refractivity contribution in [3.63, 3.8) is 0 Å². The minimum Gasteiger partial charge on any atom is -0.366 e. The normalized spacial score (nSPS) is 11.4. The predicted octanol–water partition coefficient (Wildman–Crippen LogP) is 2.76. The van der Waals surface area contributed by atoms with Gasteiger partial charge in [0.2, 0.25) is 5.91 Å². The van der Waals surface area contributed by atoms with E-state index in [1.807, 2.05) is 18.2 Å². The number of hydrogen-bond acceptors (Lipinski definition) is 1. The molecule has 15 heavy (non-hydrogen) atoms. The Balaban J connectivity index is 2.81. The second-order valence-corrected chi connectivity index (χ2v) is 5.08. The van der Waals surface area contributed by atoms with Crippen LogP contribution < -0.4 is 5.73 Å². The third-order valence-electron chi connectivity index (χ3n) is 2.43. The standard InChI is InChI=1S/C13H19NO/c1-13(2,3)9-8-10-6-4-5-7-11(10)12(14)15/h4-7H,8-9H2,1-3H3,(H2,14,15). The van der Waals surface area contributed by atoms with Crippen LogP contribution in [0.5, 0.6) is 0 Å². The van der Waals surface area contributed by atoms with Crippen molar-refractivity contribution in [3.05, 3.63) is 35.4 Å². The smallest absolute Gasteiger partial charge is 0.248 e. The Labute approximate surface area is 91.5 Å². The van der Waals surface area contributed by atoms with Crippen LogP contribution in [-0.2, 0) is 6.42 Å². The van der Waals surface area contributed by atoms with Crippen LogP contribution in [0.1, 0.15) is 43.1 Å². The minimum absolute atomic E-state index is 0.282. The van der Waals surface area contributed by atoms with Crippen molar-refractivity contribution in [2.45, 2.75) is 33.6 Å². The molecule has 2 heteroatoms. The summed E-state index contributed by atoms with van der Waals surface area (Å²) in [5, 5.41) is 0. The number of primary amides is 1. The van der Waals surface area contributed by atoms with Gasteiger partial charge in [-0.3, -0.25) is 4.79 Å². The monoisotopic (exact) mass is 205 g/mol. The van der Waals surface area contributed by atoms with Gasteiger partial charge in [0.05, 0.1) is 0 Å². The van der Waals surface area contributed by atoms with Gasteiger partial charge in [0, 0.05) is 5.56 Å². The summed E-state index contributed by atoms with van der Waals surface area (Å²) in [4.78, 5) is 11.2. The Hall–Kier alpha value is -1.31. The Morgan fingerprint density at radius 2 is 1.87 bits per heavy atom. The molecule has 0 atom stereocenters. The van der Waals surface area contributed by atoms with E-state index in [0.29, 0.717) is 5.56 Å². The summed E-state index contributed by atoms with van der Waals surface area (Å²) in [6.45, 7) is 6.58. The van der Waals surface area contributed by atoms with Crippen molar-refractivity contribution < 1.29 is 4.79 Å². The summed E-state index contributed by atoms with van der Waals surface area (Å²) in [7, 11) is 0. The lowest BCUT2D eigenvalue weighted by Crippen LogP contribution is -2.15. The number of hydrogen-bond donors (Lipinski definition) is 1. The van der Waals surface area contributed by atoms with E-state index in [2.05, 4.69) is 20.8 Å². The second-order valence-electron chi connectivity index (χ2n) is 5.08. The van der Waals surface area contributed by atoms with Gasteiger partial charge in [0.15, 0.2) is 0 Å². The summed E-state index contributed by atoms with van der Waals surface area (Å²) in [6.07, 6.45) is 1.96. The molecular weight excluding hydrogens is 186 g/mol. The van der Waals surface area contributed by atoms with Crippen molar-refractivity contribution >= 4 is 5.91 Å². The lowest BCUT2D eigenvalue weighted by Gasteiger charge is -2.18. The first kappa shape index (κ1) is 11.8. The molecule has 1 rings (SSSR count). The van der Waals surface area contributed by atoms with Gasteiger partial charge in [-0.2, -0.15) is 0 Å². The fraction of sp³-hybridized carbons (Fsp3) is 0.462.